The highest BCUT2D eigenvalue weighted by atomic mass is 79.9. The number of benzene rings is 2. The first-order valence-corrected chi connectivity index (χ1v) is 6.78. The summed E-state index contributed by atoms with van der Waals surface area (Å²) in [5.74, 6) is -1.20. The lowest BCUT2D eigenvalue weighted by Gasteiger charge is -2.20. The van der Waals surface area contributed by atoms with Gasteiger partial charge in [0, 0.05) is 10.0 Å². The van der Waals surface area contributed by atoms with Crippen LogP contribution in [0, 0.1) is 11.6 Å². The van der Waals surface area contributed by atoms with Gasteiger partial charge in [0.05, 0.1) is 11.1 Å². The van der Waals surface area contributed by atoms with Gasteiger partial charge >= 0.3 is 0 Å². The smallest absolute Gasteiger partial charge is 0.131 e. The molecular weight excluding hydrogens is 336 g/mol. The van der Waals surface area contributed by atoms with Crippen LogP contribution >= 0.6 is 27.5 Å². The summed E-state index contributed by atoms with van der Waals surface area (Å²) in [7, 11) is 1.63. The summed E-state index contributed by atoms with van der Waals surface area (Å²) in [5, 5.41) is 3.33. The summed E-state index contributed by atoms with van der Waals surface area (Å²) >= 11 is 9.50. The van der Waals surface area contributed by atoms with Crippen molar-refractivity contribution in [3.05, 3.63) is 68.7 Å². The molecule has 0 aliphatic carbocycles. The highest BCUT2D eigenvalue weighted by molar-refractivity contribution is 9.10. The van der Waals surface area contributed by atoms with Crippen LogP contribution in [-0.4, -0.2) is 7.05 Å². The third-order valence-electron chi connectivity index (χ3n) is 2.87. The molecule has 0 aliphatic rings. The normalized spacial score (nSPS) is 12.5. The van der Waals surface area contributed by atoms with E-state index < -0.39 is 17.7 Å². The molecular formula is C14H11BrClF2N. The molecule has 5 heteroatoms. The van der Waals surface area contributed by atoms with Crippen LogP contribution in [0.25, 0.3) is 0 Å². The van der Waals surface area contributed by atoms with Crippen LogP contribution in [-0.2, 0) is 0 Å². The molecule has 19 heavy (non-hydrogen) atoms. The Morgan fingerprint density at radius 3 is 2.26 bits per heavy atom. The van der Waals surface area contributed by atoms with E-state index in [0.717, 1.165) is 0 Å². The van der Waals surface area contributed by atoms with Crippen LogP contribution in [0.5, 0.6) is 0 Å². The van der Waals surface area contributed by atoms with E-state index in [4.69, 9.17) is 11.6 Å². The zero-order valence-corrected chi connectivity index (χ0v) is 12.4. The van der Waals surface area contributed by atoms with Gasteiger partial charge in [0.25, 0.3) is 0 Å². The molecule has 1 N–H and O–H groups in total. The van der Waals surface area contributed by atoms with Crippen molar-refractivity contribution in [2.75, 3.05) is 7.05 Å². The van der Waals surface area contributed by atoms with Crippen molar-refractivity contribution in [2.45, 2.75) is 6.04 Å². The minimum absolute atomic E-state index is 0.0370. The predicted octanol–water partition coefficient (Wildman–Crippen LogP) is 4.69. The summed E-state index contributed by atoms with van der Waals surface area (Å²) in [4.78, 5) is 0. The Morgan fingerprint density at radius 1 is 1.11 bits per heavy atom. The standard InChI is InChI=1S/C14H11BrClF2N/c1-19-14(8-4-2-5-9(15)13(8)16)12-10(17)6-3-7-11(12)18/h2-7,14,19H,1H3. The average Bonchev–Trinajstić information content (AvgIpc) is 2.38. The molecule has 0 spiro atoms. The Morgan fingerprint density at radius 2 is 1.68 bits per heavy atom. The number of hydrogen-bond acceptors (Lipinski definition) is 1. The van der Waals surface area contributed by atoms with Gasteiger partial charge in [-0.05, 0) is 46.7 Å². The van der Waals surface area contributed by atoms with E-state index in [2.05, 4.69) is 21.2 Å². The first kappa shape index (κ1) is 14.4. The summed E-state index contributed by atoms with van der Waals surface area (Å²) in [6, 6.07) is 8.43. The number of nitrogens with one attached hydrogen (secondary N) is 1. The first-order valence-electron chi connectivity index (χ1n) is 5.61. The van der Waals surface area contributed by atoms with Gasteiger partial charge in [0.2, 0.25) is 0 Å². The van der Waals surface area contributed by atoms with Gasteiger partial charge in [0.1, 0.15) is 11.6 Å². The quantitative estimate of drug-likeness (QED) is 0.850. The second-order valence-electron chi connectivity index (χ2n) is 4.00. The van der Waals surface area contributed by atoms with Gasteiger partial charge in [-0.15, -0.1) is 0 Å². The highest BCUT2D eigenvalue weighted by Crippen LogP contribution is 2.34. The van der Waals surface area contributed by atoms with E-state index in [1.54, 1.807) is 25.2 Å². The van der Waals surface area contributed by atoms with Gasteiger partial charge in [-0.2, -0.15) is 0 Å². The maximum Gasteiger partial charge on any atom is 0.131 e. The molecule has 0 saturated carbocycles. The Labute approximate surface area is 123 Å². The molecule has 0 aliphatic heterocycles. The lowest BCUT2D eigenvalue weighted by Crippen LogP contribution is -2.21. The second kappa shape index (κ2) is 5.99. The van der Waals surface area contributed by atoms with Crippen molar-refractivity contribution in [2.24, 2.45) is 0 Å². The maximum absolute atomic E-state index is 13.9. The zero-order chi connectivity index (χ0) is 14.0. The van der Waals surface area contributed by atoms with Crippen molar-refractivity contribution < 1.29 is 8.78 Å². The Hall–Kier alpha value is -0.970. The van der Waals surface area contributed by atoms with Gasteiger partial charge in [-0.1, -0.05) is 29.8 Å². The summed E-state index contributed by atoms with van der Waals surface area (Å²) in [5.41, 5.74) is 0.576. The minimum Gasteiger partial charge on any atom is -0.309 e. The van der Waals surface area contributed by atoms with Crippen LogP contribution in [0.4, 0.5) is 8.78 Å². The van der Waals surface area contributed by atoms with Crippen molar-refractivity contribution in [1.82, 2.24) is 5.32 Å². The summed E-state index contributed by atoms with van der Waals surface area (Å²) < 4.78 is 28.4. The number of hydrogen-bond donors (Lipinski definition) is 1. The third kappa shape index (κ3) is 2.81. The van der Waals surface area contributed by atoms with Crippen LogP contribution in [0.15, 0.2) is 40.9 Å². The SMILES string of the molecule is CNC(c1cccc(Br)c1Cl)c1c(F)cccc1F. The zero-order valence-electron chi connectivity index (χ0n) is 10.1. The first-order chi connectivity index (χ1) is 9.06. The fourth-order valence-corrected chi connectivity index (χ4v) is 2.60. The van der Waals surface area contributed by atoms with Gasteiger partial charge in [0.15, 0.2) is 0 Å². The largest absolute Gasteiger partial charge is 0.309 e. The maximum atomic E-state index is 13.9. The van der Waals surface area contributed by atoms with Crippen LogP contribution < -0.4 is 5.32 Å². The molecule has 100 valence electrons. The highest BCUT2D eigenvalue weighted by Gasteiger charge is 2.22. The van der Waals surface area contributed by atoms with Crippen LogP contribution in [0.1, 0.15) is 17.2 Å². The topological polar surface area (TPSA) is 12.0 Å². The van der Waals surface area contributed by atoms with E-state index in [9.17, 15) is 8.78 Å². The Kier molecular flexibility index (Phi) is 4.55. The molecule has 0 amide bonds. The number of rotatable bonds is 3. The molecule has 0 radical (unpaired) electrons. The van der Waals surface area contributed by atoms with E-state index >= 15 is 0 Å². The molecule has 2 aromatic carbocycles. The van der Waals surface area contributed by atoms with E-state index in [0.29, 0.717) is 15.1 Å². The van der Waals surface area contributed by atoms with Crippen LogP contribution in [0.3, 0.4) is 0 Å². The van der Waals surface area contributed by atoms with Crippen molar-refractivity contribution in [1.29, 1.82) is 0 Å². The molecule has 0 saturated heterocycles. The monoisotopic (exact) mass is 345 g/mol. The average molecular weight is 347 g/mol. The molecule has 0 aromatic heterocycles. The molecule has 2 aromatic rings. The minimum atomic E-state index is -0.647. The Bertz CT molecular complexity index is 584. The summed E-state index contributed by atoms with van der Waals surface area (Å²) in [6.07, 6.45) is 0. The van der Waals surface area contributed by atoms with Crippen LogP contribution in [0.2, 0.25) is 5.02 Å². The van der Waals surface area contributed by atoms with Gasteiger partial charge < -0.3 is 5.32 Å². The molecule has 1 unspecified atom stereocenters. The van der Waals surface area contributed by atoms with Crippen molar-refractivity contribution in [3.8, 4) is 0 Å². The molecule has 0 heterocycles. The van der Waals surface area contributed by atoms with Gasteiger partial charge in [-0.25, -0.2) is 8.78 Å². The molecule has 0 bridgehead atoms. The third-order valence-corrected chi connectivity index (χ3v) is 4.18. The lowest BCUT2D eigenvalue weighted by atomic mass is 9.98. The van der Waals surface area contributed by atoms with Crippen molar-refractivity contribution in [3.63, 3.8) is 0 Å². The molecule has 0 fully saturated rings. The van der Waals surface area contributed by atoms with E-state index in [1.165, 1.54) is 18.2 Å². The Balaban J connectivity index is 2.60. The molecule has 1 atom stereocenters. The predicted molar refractivity (Wildman–Crippen MR) is 76.4 cm³/mol. The van der Waals surface area contributed by atoms with Gasteiger partial charge in [-0.3, -0.25) is 0 Å². The molecule has 2 rings (SSSR count). The fourth-order valence-electron chi connectivity index (χ4n) is 1.99. The lowest BCUT2D eigenvalue weighted by molar-refractivity contribution is 0.522. The summed E-state index contributed by atoms with van der Waals surface area (Å²) in [6.45, 7) is 0. The number of halogens is 4. The van der Waals surface area contributed by atoms with E-state index in [1.807, 2.05) is 0 Å². The second-order valence-corrected chi connectivity index (χ2v) is 5.23. The molecule has 1 nitrogen and oxygen atoms in total. The van der Waals surface area contributed by atoms with Crippen molar-refractivity contribution >= 4 is 27.5 Å². The fraction of sp³-hybridized carbons (Fsp3) is 0.143. The van der Waals surface area contributed by atoms with E-state index in [-0.39, 0.29) is 5.56 Å².